The predicted molar refractivity (Wildman–Crippen MR) is 67.8 cm³/mol. The Kier molecular flexibility index (Phi) is 6.32. The molecule has 0 saturated heterocycles. The van der Waals surface area contributed by atoms with Crippen molar-refractivity contribution in [3.63, 3.8) is 0 Å². The van der Waals surface area contributed by atoms with Crippen LogP contribution in [0.1, 0.15) is 18.4 Å². The molecule has 0 aliphatic carbocycles. The zero-order valence-electron chi connectivity index (χ0n) is 11.0. The van der Waals surface area contributed by atoms with Gasteiger partial charge in [0.25, 0.3) is 0 Å². The van der Waals surface area contributed by atoms with Crippen molar-refractivity contribution in [3.05, 3.63) is 23.8 Å². The molecule has 0 bridgehead atoms. The first kappa shape index (κ1) is 16.8. The van der Waals surface area contributed by atoms with Crippen LogP contribution in [0.2, 0.25) is 0 Å². The SMILES string of the molecule is COc1ccc(B(O)O)c(COCCCC(F)(F)F)c1. The Balaban J connectivity index is 2.53. The molecule has 0 amide bonds. The monoisotopic (exact) mass is 292 g/mol. The Morgan fingerprint density at radius 2 is 1.95 bits per heavy atom. The zero-order valence-corrected chi connectivity index (χ0v) is 11.0. The molecule has 0 aliphatic heterocycles. The maximum absolute atomic E-state index is 11.9. The van der Waals surface area contributed by atoms with Gasteiger partial charge < -0.3 is 19.5 Å². The summed E-state index contributed by atoms with van der Waals surface area (Å²) in [6.07, 6.45) is -5.23. The molecule has 1 aromatic rings. The lowest BCUT2D eigenvalue weighted by atomic mass is 9.77. The number of ether oxygens (including phenoxy) is 2. The fourth-order valence-electron chi connectivity index (χ4n) is 1.64. The molecule has 0 saturated carbocycles. The van der Waals surface area contributed by atoms with Crippen molar-refractivity contribution in [2.24, 2.45) is 0 Å². The maximum atomic E-state index is 11.9. The number of halogens is 3. The van der Waals surface area contributed by atoms with E-state index in [0.29, 0.717) is 11.3 Å². The third-order valence-electron chi connectivity index (χ3n) is 2.63. The molecule has 0 aromatic heterocycles. The number of hydrogen-bond acceptors (Lipinski definition) is 4. The van der Waals surface area contributed by atoms with Crippen molar-refractivity contribution in [2.45, 2.75) is 25.6 Å². The zero-order chi connectivity index (χ0) is 15.2. The highest BCUT2D eigenvalue weighted by atomic mass is 19.4. The third-order valence-corrected chi connectivity index (χ3v) is 2.63. The molecule has 1 rings (SSSR count). The van der Waals surface area contributed by atoms with Gasteiger partial charge in [-0.25, -0.2) is 0 Å². The summed E-state index contributed by atoms with van der Waals surface area (Å²) >= 11 is 0. The summed E-state index contributed by atoms with van der Waals surface area (Å²) in [5, 5.41) is 18.4. The Labute approximate surface area is 115 Å². The minimum absolute atomic E-state index is 0.0119. The van der Waals surface area contributed by atoms with E-state index in [0.717, 1.165) is 0 Å². The molecule has 2 N–H and O–H groups in total. The molecule has 20 heavy (non-hydrogen) atoms. The standard InChI is InChI=1S/C12H16BF3O4/c1-19-10-3-4-11(13(17)18)9(7-10)8-20-6-2-5-12(14,15)16/h3-4,7,17-18H,2,5-6,8H2,1H3. The maximum Gasteiger partial charge on any atom is 0.488 e. The summed E-state index contributed by atoms with van der Waals surface area (Å²) in [6.45, 7) is -0.0697. The van der Waals surface area contributed by atoms with Crippen molar-refractivity contribution in [1.82, 2.24) is 0 Å². The van der Waals surface area contributed by atoms with E-state index in [4.69, 9.17) is 9.47 Å². The molecule has 0 atom stereocenters. The highest BCUT2D eigenvalue weighted by Crippen LogP contribution is 2.21. The van der Waals surface area contributed by atoms with Crippen LogP contribution in [0, 0.1) is 0 Å². The van der Waals surface area contributed by atoms with Gasteiger partial charge in [0.05, 0.1) is 13.7 Å². The Morgan fingerprint density at radius 3 is 2.50 bits per heavy atom. The van der Waals surface area contributed by atoms with Gasteiger partial charge in [0.1, 0.15) is 5.75 Å². The van der Waals surface area contributed by atoms with Crippen molar-refractivity contribution in [3.8, 4) is 5.75 Å². The average Bonchev–Trinajstić information content (AvgIpc) is 2.36. The van der Waals surface area contributed by atoms with Crippen LogP contribution in [0.15, 0.2) is 18.2 Å². The van der Waals surface area contributed by atoms with E-state index in [2.05, 4.69) is 0 Å². The summed E-state index contributed by atoms with van der Waals surface area (Å²) in [6, 6.07) is 4.58. The molecule has 8 heteroatoms. The number of methoxy groups -OCH3 is 1. The Hall–Kier alpha value is -1.25. The van der Waals surface area contributed by atoms with Crippen LogP contribution >= 0.6 is 0 Å². The van der Waals surface area contributed by atoms with E-state index in [-0.39, 0.29) is 25.1 Å². The van der Waals surface area contributed by atoms with Gasteiger partial charge in [-0.05, 0) is 29.6 Å². The van der Waals surface area contributed by atoms with E-state index in [1.165, 1.54) is 13.2 Å². The molecule has 1 aromatic carbocycles. The van der Waals surface area contributed by atoms with Crippen LogP contribution in [0.4, 0.5) is 13.2 Å². The molecule has 0 spiro atoms. The minimum Gasteiger partial charge on any atom is -0.497 e. The smallest absolute Gasteiger partial charge is 0.488 e. The normalized spacial score (nSPS) is 11.5. The van der Waals surface area contributed by atoms with Gasteiger partial charge in [0.2, 0.25) is 0 Å². The van der Waals surface area contributed by atoms with E-state index >= 15 is 0 Å². The van der Waals surface area contributed by atoms with Crippen LogP contribution in [0.25, 0.3) is 0 Å². The number of alkyl halides is 3. The van der Waals surface area contributed by atoms with Crippen molar-refractivity contribution >= 4 is 12.6 Å². The molecule has 0 unspecified atom stereocenters. The number of hydrogen-bond donors (Lipinski definition) is 2. The molecule has 4 nitrogen and oxygen atoms in total. The Bertz CT molecular complexity index is 424. The molecular formula is C12H16BF3O4. The first-order valence-corrected chi connectivity index (χ1v) is 6.01. The van der Waals surface area contributed by atoms with Gasteiger partial charge in [0, 0.05) is 13.0 Å². The first-order chi connectivity index (χ1) is 9.33. The van der Waals surface area contributed by atoms with Crippen molar-refractivity contribution in [2.75, 3.05) is 13.7 Å². The van der Waals surface area contributed by atoms with Gasteiger partial charge in [-0.15, -0.1) is 0 Å². The van der Waals surface area contributed by atoms with E-state index in [9.17, 15) is 23.2 Å². The lowest BCUT2D eigenvalue weighted by Gasteiger charge is -2.12. The fraction of sp³-hybridized carbons (Fsp3) is 0.500. The van der Waals surface area contributed by atoms with Crippen LogP contribution in [0.3, 0.4) is 0 Å². The van der Waals surface area contributed by atoms with Gasteiger partial charge in [-0.1, -0.05) is 6.07 Å². The lowest BCUT2D eigenvalue weighted by molar-refractivity contribution is -0.138. The number of rotatable bonds is 7. The average molecular weight is 292 g/mol. The molecule has 0 fully saturated rings. The highest BCUT2D eigenvalue weighted by Gasteiger charge is 2.26. The second kappa shape index (κ2) is 7.51. The van der Waals surface area contributed by atoms with Crippen LogP contribution in [-0.4, -0.2) is 37.1 Å². The lowest BCUT2D eigenvalue weighted by Crippen LogP contribution is -2.33. The van der Waals surface area contributed by atoms with Gasteiger partial charge >= 0.3 is 13.3 Å². The first-order valence-electron chi connectivity index (χ1n) is 6.01. The molecule has 112 valence electrons. The van der Waals surface area contributed by atoms with Crippen molar-refractivity contribution < 1.29 is 32.7 Å². The van der Waals surface area contributed by atoms with Crippen LogP contribution < -0.4 is 10.2 Å². The number of benzene rings is 1. The summed E-state index contributed by atoms with van der Waals surface area (Å²) in [5.74, 6) is 0.503. The second-order valence-electron chi connectivity index (χ2n) is 4.21. The molecule has 0 aliphatic rings. The molecule has 0 radical (unpaired) electrons. The largest absolute Gasteiger partial charge is 0.497 e. The van der Waals surface area contributed by atoms with E-state index in [1.54, 1.807) is 12.1 Å². The third kappa shape index (κ3) is 5.81. The molecular weight excluding hydrogens is 276 g/mol. The van der Waals surface area contributed by atoms with Crippen LogP contribution in [-0.2, 0) is 11.3 Å². The van der Waals surface area contributed by atoms with Crippen LogP contribution in [0.5, 0.6) is 5.75 Å². The Morgan fingerprint density at radius 1 is 1.25 bits per heavy atom. The highest BCUT2D eigenvalue weighted by molar-refractivity contribution is 6.59. The van der Waals surface area contributed by atoms with E-state index in [1.807, 2.05) is 0 Å². The van der Waals surface area contributed by atoms with E-state index < -0.39 is 19.7 Å². The van der Waals surface area contributed by atoms with Crippen molar-refractivity contribution in [1.29, 1.82) is 0 Å². The summed E-state index contributed by atoms with van der Waals surface area (Å²) in [4.78, 5) is 0. The van der Waals surface area contributed by atoms with Gasteiger partial charge in [-0.3, -0.25) is 0 Å². The molecule has 0 heterocycles. The topological polar surface area (TPSA) is 58.9 Å². The summed E-state index contributed by atoms with van der Waals surface area (Å²) < 4.78 is 45.9. The summed E-state index contributed by atoms with van der Waals surface area (Å²) in [5.41, 5.74) is 0.702. The second-order valence-corrected chi connectivity index (χ2v) is 4.21. The van der Waals surface area contributed by atoms with Gasteiger partial charge in [0.15, 0.2) is 0 Å². The van der Waals surface area contributed by atoms with Gasteiger partial charge in [-0.2, -0.15) is 13.2 Å². The predicted octanol–water partition coefficient (Wildman–Crippen LogP) is 1.23. The minimum atomic E-state index is -4.19. The summed E-state index contributed by atoms with van der Waals surface area (Å²) in [7, 11) is -0.215. The quantitative estimate of drug-likeness (QED) is 0.586. The fourth-order valence-corrected chi connectivity index (χ4v) is 1.64.